The number of rotatable bonds is 8. The highest BCUT2D eigenvalue weighted by Gasteiger charge is 2.22. The lowest BCUT2D eigenvalue weighted by molar-refractivity contribution is -0.137. The largest absolute Gasteiger partial charge is 0.484 e. The molecule has 188 valence electrons. The number of nitrogens with zero attached hydrogens (tertiary/aromatic N) is 1. The molecule has 5 rings (SSSR count). The number of hydrogen-bond acceptors (Lipinski definition) is 6. The van der Waals surface area contributed by atoms with Gasteiger partial charge in [-0.3, -0.25) is 14.6 Å². The van der Waals surface area contributed by atoms with E-state index < -0.39 is 11.9 Å². The minimum absolute atomic E-state index is 0.0477. The zero-order valence-corrected chi connectivity index (χ0v) is 20.1. The standard InChI is InChI=1S/C28H30N2O6/c31-27(30-21-5-3-1-2-4-6-21)16-34-22-8-9-24-19(12-22)11-20(15-29-24)23(14-28(32)33)18-7-10-25-26(13-18)36-17-35-25/h7-13,15,21,23H,1-6,14,16-17H2,(H,30,31)(H,32,33). The summed E-state index contributed by atoms with van der Waals surface area (Å²) in [6, 6.07) is 13.1. The molecule has 1 aliphatic carbocycles. The van der Waals surface area contributed by atoms with Crippen molar-refractivity contribution in [3.05, 3.63) is 59.8 Å². The Morgan fingerprint density at radius 1 is 1.00 bits per heavy atom. The first-order valence-corrected chi connectivity index (χ1v) is 12.5. The highest BCUT2D eigenvalue weighted by atomic mass is 16.7. The van der Waals surface area contributed by atoms with Crippen LogP contribution in [0.4, 0.5) is 0 Å². The first-order chi connectivity index (χ1) is 17.5. The highest BCUT2D eigenvalue weighted by Crippen LogP contribution is 2.38. The van der Waals surface area contributed by atoms with Gasteiger partial charge in [0.15, 0.2) is 18.1 Å². The highest BCUT2D eigenvalue weighted by molar-refractivity contribution is 5.82. The predicted octanol–water partition coefficient (Wildman–Crippen LogP) is 4.79. The quantitative estimate of drug-likeness (QED) is 0.437. The van der Waals surface area contributed by atoms with E-state index in [4.69, 9.17) is 14.2 Å². The fourth-order valence-electron chi connectivity index (χ4n) is 4.98. The SMILES string of the molecule is O=C(O)CC(c1ccc2c(c1)OCO2)c1cnc2ccc(OCC(=O)NC3CCCCCC3)cc2c1. The average Bonchev–Trinajstić information content (AvgIpc) is 3.20. The van der Waals surface area contributed by atoms with Crippen LogP contribution < -0.4 is 19.5 Å². The number of carbonyl (C=O) groups is 2. The Bertz CT molecular complexity index is 1250. The molecule has 8 heteroatoms. The van der Waals surface area contributed by atoms with E-state index in [-0.39, 0.29) is 31.8 Å². The Balaban J connectivity index is 1.32. The lowest BCUT2D eigenvalue weighted by Crippen LogP contribution is -2.37. The predicted molar refractivity (Wildman–Crippen MR) is 134 cm³/mol. The molecular weight excluding hydrogens is 460 g/mol. The van der Waals surface area contributed by atoms with Crippen LogP contribution in [0, 0.1) is 0 Å². The van der Waals surface area contributed by atoms with E-state index in [1.54, 1.807) is 18.3 Å². The number of hydrogen-bond donors (Lipinski definition) is 2. The van der Waals surface area contributed by atoms with Crippen molar-refractivity contribution in [2.75, 3.05) is 13.4 Å². The maximum absolute atomic E-state index is 12.4. The molecule has 1 aliphatic heterocycles. The topological polar surface area (TPSA) is 107 Å². The van der Waals surface area contributed by atoms with E-state index in [1.807, 2.05) is 30.3 Å². The summed E-state index contributed by atoms with van der Waals surface area (Å²) in [5, 5.41) is 13.5. The van der Waals surface area contributed by atoms with Gasteiger partial charge < -0.3 is 24.6 Å². The zero-order valence-electron chi connectivity index (χ0n) is 20.1. The van der Waals surface area contributed by atoms with Crippen molar-refractivity contribution in [3.63, 3.8) is 0 Å². The van der Waals surface area contributed by atoms with E-state index in [0.29, 0.717) is 17.2 Å². The number of nitrogens with one attached hydrogen (secondary N) is 1. The summed E-state index contributed by atoms with van der Waals surface area (Å²) >= 11 is 0. The Morgan fingerprint density at radius 2 is 1.81 bits per heavy atom. The molecule has 2 heterocycles. The molecule has 0 bridgehead atoms. The van der Waals surface area contributed by atoms with Crippen LogP contribution in [0.1, 0.15) is 62.0 Å². The van der Waals surface area contributed by atoms with Crippen LogP contribution in [0.25, 0.3) is 10.9 Å². The van der Waals surface area contributed by atoms with Gasteiger partial charge in [0.2, 0.25) is 6.79 Å². The minimum atomic E-state index is -0.908. The molecule has 0 saturated heterocycles. The summed E-state index contributed by atoms with van der Waals surface area (Å²) in [5.41, 5.74) is 2.34. The monoisotopic (exact) mass is 490 g/mol. The number of fused-ring (bicyclic) bond motifs is 2. The molecule has 1 aromatic heterocycles. The Kier molecular flexibility index (Phi) is 7.21. The van der Waals surface area contributed by atoms with Gasteiger partial charge in [-0.15, -0.1) is 0 Å². The van der Waals surface area contributed by atoms with E-state index in [9.17, 15) is 14.7 Å². The summed E-state index contributed by atoms with van der Waals surface area (Å²) in [7, 11) is 0. The Labute approximate surface area is 209 Å². The van der Waals surface area contributed by atoms with Gasteiger partial charge in [-0.1, -0.05) is 31.7 Å². The molecule has 2 aromatic carbocycles. The second kappa shape index (κ2) is 10.8. The first kappa shape index (κ1) is 23.9. The van der Waals surface area contributed by atoms with Crippen molar-refractivity contribution >= 4 is 22.8 Å². The Hall–Kier alpha value is -3.81. The summed E-state index contributed by atoms with van der Waals surface area (Å²) in [4.78, 5) is 28.7. The van der Waals surface area contributed by atoms with E-state index in [2.05, 4.69) is 10.3 Å². The molecule has 1 unspecified atom stereocenters. The van der Waals surface area contributed by atoms with Crippen molar-refractivity contribution in [2.24, 2.45) is 0 Å². The maximum atomic E-state index is 12.4. The molecule has 1 saturated carbocycles. The van der Waals surface area contributed by atoms with E-state index in [1.165, 1.54) is 12.8 Å². The number of carboxylic acids is 1. The van der Waals surface area contributed by atoms with Crippen LogP contribution in [0.5, 0.6) is 17.2 Å². The molecule has 1 atom stereocenters. The summed E-state index contributed by atoms with van der Waals surface area (Å²) in [6.45, 7) is 0.106. The third-order valence-electron chi connectivity index (χ3n) is 6.84. The molecule has 8 nitrogen and oxygen atoms in total. The third kappa shape index (κ3) is 5.70. The van der Waals surface area contributed by atoms with Gasteiger partial charge in [0.1, 0.15) is 5.75 Å². The van der Waals surface area contributed by atoms with Crippen LogP contribution >= 0.6 is 0 Å². The number of pyridine rings is 1. The molecule has 36 heavy (non-hydrogen) atoms. The smallest absolute Gasteiger partial charge is 0.304 e. The van der Waals surface area contributed by atoms with Gasteiger partial charge in [0, 0.05) is 23.5 Å². The summed E-state index contributed by atoms with van der Waals surface area (Å²) < 4.78 is 16.7. The van der Waals surface area contributed by atoms with Crippen molar-refractivity contribution < 1.29 is 28.9 Å². The Morgan fingerprint density at radius 3 is 2.61 bits per heavy atom. The molecule has 2 aliphatic rings. The first-order valence-electron chi connectivity index (χ1n) is 12.5. The van der Waals surface area contributed by atoms with E-state index in [0.717, 1.165) is 47.7 Å². The second-order valence-corrected chi connectivity index (χ2v) is 9.43. The second-order valence-electron chi connectivity index (χ2n) is 9.43. The lowest BCUT2D eigenvalue weighted by Gasteiger charge is -2.17. The van der Waals surface area contributed by atoms with Crippen molar-refractivity contribution in [2.45, 2.75) is 56.9 Å². The molecular formula is C28H30N2O6. The molecule has 0 spiro atoms. The van der Waals surface area contributed by atoms with Gasteiger partial charge in [0.05, 0.1) is 11.9 Å². The molecule has 3 aromatic rings. The van der Waals surface area contributed by atoms with E-state index >= 15 is 0 Å². The molecule has 1 fully saturated rings. The molecule has 0 radical (unpaired) electrons. The van der Waals surface area contributed by atoms with Crippen molar-refractivity contribution in [1.82, 2.24) is 10.3 Å². The molecule has 2 N–H and O–H groups in total. The van der Waals surface area contributed by atoms with Gasteiger partial charge in [-0.2, -0.15) is 0 Å². The van der Waals surface area contributed by atoms with Gasteiger partial charge >= 0.3 is 5.97 Å². The van der Waals surface area contributed by atoms with Crippen LogP contribution in [0.2, 0.25) is 0 Å². The molecule has 1 amide bonds. The van der Waals surface area contributed by atoms with Crippen LogP contribution in [0.3, 0.4) is 0 Å². The lowest BCUT2D eigenvalue weighted by atomic mass is 9.88. The fourth-order valence-corrected chi connectivity index (χ4v) is 4.98. The van der Waals surface area contributed by atoms with Crippen LogP contribution in [-0.4, -0.2) is 41.4 Å². The number of amides is 1. The number of aliphatic carboxylic acids is 1. The fraction of sp³-hybridized carbons (Fsp3) is 0.393. The summed E-state index contributed by atoms with van der Waals surface area (Å²) in [6.07, 6.45) is 8.44. The van der Waals surface area contributed by atoms with Crippen molar-refractivity contribution in [1.29, 1.82) is 0 Å². The van der Waals surface area contributed by atoms with Crippen molar-refractivity contribution in [3.8, 4) is 17.2 Å². The van der Waals surface area contributed by atoms with Gasteiger partial charge in [-0.05, 0) is 60.4 Å². The minimum Gasteiger partial charge on any atom is -0.484 e. The summed E-state index contributed by atoms with van der Waals surface area (Å²) in [5.74, 6) is 0.385. The number of benzene rings is 2. The number of carbonyl (C=O) groups excluding carboxylic acids is 1. The number of ether oxygens (including phenoxy) is 3. The van der Waals surface area contributed by atoms with Gasteiger partial charge in [-0.25, -0.2) is 0 Å². The normalized spacial score (nSPS) is 16.3. The maximum Gasteiger partial charge on any atom is 0.304 e. The third-order valence-corrected chi connectivity index (χ3v) is 6.84. The zero-order chi connectivity index (χ0) is 24.9. The average molecular weight is 491 g/mol. The number of aromatic nitrogens is 1. The van der Waals surface area contributed by atoms with Crippen LogP contribution in [-0.2, 0) is 9.59 Å². The van der Waals surface area contributed by atoms with Gasteiger partial charge in [0.25, 0.3) is 5.91 Å². The number of carboxylic acid groups (broad SMARTS) is 1. The van der Waals surface area contributed by atoms with Crippen LogP contribution in [0.15, 0.2) is 48.7 Å².